The van der Waals surface area contributed by atoms with Crippen LogP contribution in [-0.4, -0.2) is 10.5 Å². The maximum atomic E-state index is 12.5. The third kappa shape index (κ3) is 4.83. The van der Waals surface area contributed by atoms with Crippen LogP contribution in [0.4, 0.5) is 5.69 Å². The van der Waals surface area contributed by atoms with Gasteiger partial charge in [-0.15, -0.1) is 0 Å². The summed E-state index contributed by atoms with van der Waals surface area (Å²) in [6.07, 6.45) is 1.56. The van der Waals surface area contributed by atoms with Crippen LogP contribution in [0.15, 0.2) is 54.1 Å². The molecule has 0 unspecified atom stereocenters. The minimum atomic E-state index is -0.509. The fourth-order valence-corrected chi connectivity index (χ4v) is 3.77. The molecule has 0 spiro atoms. The lowest BCUT2D eigenvalue weighted by Gasteiger charge is -2.11. The average molecular weight is 445 g/mol. The number of halogens is 3. The highest BCUT2D eigenvalue weighted by Gasteiger charge is 2.15. The highest BCUT2D eigenvalue weighted by Crippen LogP contribution is 2.27. The molecule has 1 N–H and O–H groups in total. The second-order valence-electron chi connectivity index (χ2n) is 6.42. The molecule has 0 aliphatic heterocycles. The van der Waals surface area contributed by atoms with Crippen LogP contribution in [0.5, 0.6) is 0 Å². The van der Waals surface area contributed by atoms with Gasteiger partial charge >= 0.3 is 0 Å². The Balaban J connectivity index is 1.96. The Morgan fingerprint density at radius 3 is 2.34 bits per heavy atom. The second kappa shape index (κ2) is 8.75. The van der Waals surface area contributed by atoms with E-state index in [1.54, 1.807) is 48.5 Å². The first-order chi connectivity index (χ1) is 13.8. The Labute approximate surface area is 183 Å². The van der Waals surface area contributed by atoms with Crippen LogP contribution in [-0.2, 0) is 4.79 Å². The molecule has 29 heavy (non-hydrogen) atoms. The third-order valence-corrected chi connectivity index (χ3v) is 4.99. The topological polar surface area (TPSA) is 57.8 Å². The van der Waals surface area contributed by atoms with Crippen molar-refractivity contribution in [2.45, 2.75) is 13.8 Å². The molecule has 7 heteroatoms. The van der Waals surface area contributed by atoms with Gasteiger partial charge in [0.25, 0.3) is 5.91 Å². The Morgan fingerprint density at radius 2 is 1.72 bits per heavy atom. The number of hydrogen-bond donors (Lipinski definition) is 1. The molecule has 2 aromatic carbocycles. The summed E-state index contributed by atoms with van der Waals surface area (Å²) in [4.78, 5) is 12.5. The van der Waals surface area contributed by atoms with Crippen molar-refractivity contribution >= 4 is 52.5 Å². The summed E-state index contributed by atoms with van der Waals surface area (Å²) in [6, 6.07) is 15.9. The minimum absolute atomic E-state index is 0.0191. The van der Waals surface area contributed by atoms with E-state index in [0.717, 1.165) is 22.6 Å². The molecule has 0 aliphatic carbocycles. The quantitative estimate of drug-likeness (QED) is 0.364. The Kier molecular flexibility index (Phi) is 6.34. The SMILES string of the molecule is Cc1cc(/C=C(\C#N)C(=O)Nc2cccc(Cl)c2)c(C)n1-c1cc(Cl)cc(Cl)c1. The average Bonchev–Trinajstić information content (AvgIpc) is 2.92. The summed E-state index contributed by atoms with van der Waals surface area (Å²) in [6.45, 7) is 3.83. The van der Waals surface area contributed by atoms with Crippen LogP contribution >= 0.6 is 34.8 Å². The van der Waals surface area contributed by atoms with E-state index < -0.39 is 5.91 Å². The molecule has 1 amide bonds. The number of aromatic nitrogens is 1. The first-order valence-corrected chi connectivity index (χ1v) is 9.76. The number of benzene rings is 2. The molecule has 0 fully saturated rings. The Hall–Kier alpha value is -2.71. The number of nitriles is 1. The smallest absolute Gasteiger partial charge is 0.266 e. The van der Waals surface area contributed by atoms with Crippen molar-refractivity contribution in [2.24, 2.45) is 0 Å². The molecule has 0 aliphatic rings. The lowest BCUT2D eigenvalue weighted by molar-refractivity contribution is -0.112. The van der Waals surface area contributed by atoms with Gasteiger partial charge in [-0.3, -0.25) is 4.79 Å². The number of hydrogen-bond acceptors (Lipinski definition) is 2. The first-order valence-electron chi connectivity index (χ1n) is 8.62. The molecule has 4 nitrogen and oxygen atoms in total. The standard InChI is InChI=1S/C22H16Cl3N3O/c1-13-6-15(14(2)28(13)21-10-18(24)8-19(25)11-21)7-16(12-26)22(29)27-20-5-3-4-17(23)9-20/h3-11H,1-2H3,(H,27,29)/b16-7+. The summed E-state index contributed by atoms with van der Waals surface area (Å²) in [5.41, 5.74) is 3.82. The molecule has 0 saturated carbocycles. The zero-order valence-electron chi connectivity index (χ0n) is 15.6. The monoisotopic (exact) mass is 443 g/mol. The molecule has 1 aromatic heterocycles. The molecule has 1 heterocycles. The van der Waals surface area contributed by atoms with Crippen molar-refractivity contribution in [3.05, 3.63) is 86.1 Å². The number of nitrogens with one attached hydrogen (secondary N) is 1. The predicted molar refractivity (Wildman–Crippen MR) is 119 cm³/mol. The lowest BCUT2D eigenvalue weighted by Crippen LogP contribution is -2.13. The van der Waals surface area contributed by atoms with E-state index in [-0.39, 0.29) is 5.57 Å². The summed E-state index contributed by atoms with van der Waals surface area (Å²) in [7, 11) is 0. The lowest BCUT2D eigenvalue weighted by atomic mass is 10.1. The third-order valence-electron chi connectivity index (χ3n) is 4.32. The maximum absolute atomic E-state index is 12.5. The predicted octanol–water partition coefficient (Wildman–Crippen LogP) is 6.60. The molecule has 0 atom stereocenters. The van der Waals surface area contributed by atoms with E-state index in [9.17, 15) is 10.1 Å². The van der Waals surface area contributed by atoms with Crippen molar-refractivity contribution in [1.82, 2.24) is 4.57 Å². The normalized spacial score (nSPS) is 11.2. The van der Waals surface area contributed by atoms with E-state index in [0.29, 0.717) is 20.8 Å². The van der Waals surface area contributed by atoms with Gasteiger partial charge in [0.05, 0.1) is 0 Å². The molecule has 0 bridgehead atoms. The number of carbonyl (C=O) groups excluding carboxylic acids is 1. The number of rotatable bonds is 4. The van der Waals surface area contributed by atoms with Crippen LogP contribution in [0.25, 0.3) is 11.8 Å². The van der Waals surface area contributed by atoms with Crippen molar-refractivity contribution in [3.63, 3.8) is 0 Å². The van der Waals surface area contributed by atoms with E-state index in [4.69, 9.17) is 34.8 Å². The highest BCUT2D eigenvalue weighted by molar-refractivity contribution is 6.34. The minimum Gasteiger partial charge on any atom is -0.321 e. The number of carbonyl (C=O) groups is 1. The largest absolute Gasteiger partial charge is 0.321 e. The summed E-state index contributed by atoms with van der Waals surface area (Å²) in [5.74, 6) is -0.509. The molecule has 3 aromatic rings. The van der Waals surface area contributed by atoms with Gasteiger partial charge in [0.1, 0.15) is 11.6 Å². The molecule has 0 radical (unpaired) electrons. The van der Waals surface area contributed by atoms with Gasteiger partial charge in [-0.05, 0) is 68.0 Å². The van der Waals surface area contributed by atoms with Gasteiger partial charge in [0, 0.05) is 37.8 Å². The van der Waals surface area contributed by atoms with Crippen LogP contribution in [0.3, 0.4) is 0 Å². The Morgan fingerprint density at radius 1 is 1.03 bits per heavy atom. The van der Waals surface area contributed by atoms with Crippen molar-refractivity contribution in [3.8, 4) is 11.8 Å². The molecule has 3 rings (SSSR count). The number of amides is 1. The zero-order chi connectivity index (χ0) is 21.1. The number of aryl methyl sites for hydroxylation is 1. The number of nitrogens with zero attached hydrogens (tertiary/aromatic N) is 2. The van der Waals surface area contributed by atoms with Crippen LogP contribution in [0.1, 0.15) is 17.0 Å². The van der Waals surface area contributed by atoms with Crippen LogP contribution < -0.4 is 5.32 Å². The summed E-state index contributed by atoms with van der Waals surface area (Å²) in [5, 5.41) is 13.7. The van der Waals surface area contributed by atoms with E-state index in [1.165, 1.54) is 0 Å². The van der Waals surface area contributed by atoms with Crippen LogP contribution in [0.2, 0.25) is 15.1 Å². The van der Waals surface area contributed by atoms with Crippen molar-refractivity contribution in [2.75, 3.05) is 5.32 Å². The zero-order valence-corrected chi connectivity index (χ0v) is 17.9. The van der Waals surface area contributed by atoms with Crippen LogP contribution in [0, 0.1) is 25.2 Å². The second-order valence-corrected chi connectivity index (χ2v) is 7.73. The molecule has 0 saturated heterocycles. The molecular formula is C22H16Cl3N3O. The van der Waals surface area contributed by atoms with Gasteiger partial charge in [-0.2, -0.15) is 5.26 Å². The van der Waals surface area contributed by atoms with E-state index >= 15 is 0 Å². The fourth-order valence-electron chi connectivity index (χ4n) is 3.07. The Bertz CT molecular complexity index is 1150. The summed E-state index contributed by atoms with van der Waals surface area (Å²) >= 11 is 18.2. The molecular weight excluding hydrogens is 429 g/mol. The van der Waals surface area contributed by atoms with Gasteiger partial charge in [-0.1, -0.05) is 40.9 Å². The van der Waals surface area contributed by atoms with Gasteiger partial charge < -0.3 is 9.88 Å². The van der Waals surface area contributed by atoms with E-state index in [1.807, 2.05) is 30.6 Å². The molecule has 146 valence electrons. The maximum Gasteiger partial charge on any atom is 0.266 e. The van der Waals surface area contributed by atoms with Gasteiger partial charge in [-0.25, -0.2) is 0 Å². The number of anilines is 1. The van der Waals surface area contributed by atoms with Crippen molar-refractivity contribution in [1.29, 1.82) is 5.26 Å². The highest BCUT2D eigenvalue weighted by atomic mass is 35.5. The van der Waals surface area contributed by atoms with E-state index in [2.05, 4.69) is 5.32 Å². The van der Waals surface area contributed by atoms with Crippen molar-refractivity contribution < 1.29 is 4.79 Å². The first kappa shape index (κ1) is 21.0. The fraction of sp³-hybridized carbons (Fsp3) is 0.0909. The van der Waals surface area contributed by atoms with Gasteiger partial charge in [0.2, 0.25) is 0 Å². The van der Waals surface area contributed by atoms with Gasteiger partial charge in [0.15, 0.2) is 0 Å². The summed E-state index contributed by atoms with van der Waals surface area (Å²) < 4.78 is 1.97.